The lowest BCUT2D eigenvalue weighted by molar-refractivity contribution is 0.0951. The van der Waals surface area contributed by atoms with E-state index in [9.17, 15) is 14.0 Å². The van der Waals surface area contributed by atoms with Gasteiger partial charge in [-0.25, -0.2) is 9.37 Å². The van der Waals surface area contributed by atoms with E-state index >= 15 is 0 Å². The van der Waals surface area contributed by atoms with E-state index in [-0.39, 0.29) is 23.3 Å². The summed E-state index contributed by atoms with van der Waals surface area (Å²) in [6.45, 7) is 0. The average Bonchev–Trinajstić information content (AvgIpc) is 3.40. The summed E-state index contributed by atoms with van der Waals surface area (Å²) in [5.74, 6) is -0.518. The second-order valence-corrected chi connectivity index (χ2v) is 5.88. The Kier molecular flexibility index (Phi) is 3.37. The standard InChI is InChI=1S/C18H14FN3O2/c19-12-2-6-14(7-3-12)22-10-20-16-9-11(1-8-15(16)18(22)24)17(23)21-13-4-5-13/h1-3,6-10,13H,4-5H2,(H,21,23). The van der Waals surface area contributed by atoms with Gasteiger partial charge in [-0.05, 0) is 55.3 Å². The van der Waals surface area contributed by atoms with Gasteiger partial charge in [0.1, 0.15) is 12.1 Å². The number of carbonyl (C=O) groups is 1. The predicted molar refractivity (Wildman–Crippen MR) is 87.8 cm³/mol. The first kappa shape index (κ1) is 14.6. The zero-order valence-corrected chi connectivity index (χ0v) is 12.7. The molecule has 1 aliphatic rings. The molecule has 1 aliphatic carbocycles. The average molecular weight is 323 g/mol. The first-order chi connectivity index (χ1) is 11.6. The molecule has 0 unspecified atom stereocenters. The first-order valence-electron chi connectivity index (χ1n) is 7.70. The molecule has 2 aromatic carbocycles. The molecule has 0 radical (unpaired) electrons. The number of nitrogens with one attached hydrogen (secondary N) is 1. The summed E-state index contributed by atoms with van der Waals surface area (Å²) in [6.07, 6.45) is 3.42. The quantitative estimate of drug-likeness (QED) is 0.805. The Morgan fingerprint density at radius 3 is 2.62 bits per heavy atom. The van der Waals surface area contributed by atoms with Crippen LogP contribution in [-0.4, -0.2) is 21.5 Å². The molecule has 1 fully saturated rings. The van der Waals surface area contributed by atoms with Crippen LogP contribution in [0, 0.1) is 5.82 Å². The second-order valence-electron chi connectivity index (χ2n) is 5.88. The highest BCUT2D eigenvalue weighted by molar-refractivity contribution is 5.97. The number of fused-ring (bicyclic) bond motifs is 1. The van der Waals surface area contributed by atoms with E-state index in [1.165, 1.54) is 35.2 Å². The topological polar surface area (TPSA) is 64.0 Å². The van der Waals surface area contributed by atoms with Crippen molar-refractivity contribution < 1.29 is 9.18 Å². The summed E-state index contributed by atoms with van der Waals surface area (Å²) in [5, 5.41) is 3.31. The minimum Gasteiger partial charge on any atom is -0.349 e. The van der Waals surface area contributed by atoms with Gasteiger partial charge in [-0.3, -0.25) is 14.2 Å². The highest BCUT2D eigenvalue weighted by Crippen LogP contribution is 2.20. The van der Waals surface area contributed by atoms with E-state index in [2.05, 4.69) is 10.3 Å². The van der Waals surface area contributed by atoms with Crippen molar-refractivity contribution in [3.63, 3.8) is 0 Å². The Balaban J connectivity index is 1.75. The molecule has 1 saturated carbocycles. The van der Waals surface area contributed by atoms with Gasteiger partial charge in [0.05, 0.1) is 16.6 Å². The van der Waals surface area contributed by atoms with Gasteiger partial charge in [0, 0.05) is 11.6 Å². The van der Waals surface area contributed by atoms with Crippen molar-refractivity contribution in [1.29, 1.82) is 0 Å². The van der Waals surface area contributed by atoms with Crippen molar-refractivity contribution >= 4 is 16.8 Å². The molecule has 1 N–H and O–H groups in total. The smallest absolute Gasteiger partial charge is 0.265 e. The SMILES string of the molecule is O=C(NC1CC1)c1ccc2c(=O)n(-c3ccc(F)cc3)cnc2c1. The Hall–Kier alpha value is -3.02. The van der Waals surface area contributed by atoms with E-state index in [1.807, 2.05) is 0 Å². The third-order valence-corrected chi connectivity index (χ3v) is 4.04. The molecule has 6 heteroatoms. The minimum atomic E-state index is -0.369. The third kappa shape index (κ3) is 2.67. The maximum absolute atomic E-state index is 13.0. The molecule has 1 amide bonds. The first-order valence-corrected chi connectivity index (χ1v) is 7.70. The highest BCUT2D eigenvalue weighted by atomic mass is 19.1. The van der Waals surface area contributed by atoms with Crippen LogP contribution in [0.3, 0.4) is 0 Å². The molecule has 3 aromatic rings. The number of hydrogen-bond acceptors (Lipinski definition) is 3. The summed E-state index contributed by atoms with van der Waals surface area (Å²) in [5.41, 5.74) is 1.22. The van der Waals surface area contributed by atoms with Crippen molar-refractivity contribution in [2.45, 2.75) is 18.9 Å². The van der Waals surface area contributed by atoms with Crippen molar-refractivity contribution in [3.8, 4) is 5.69 Å². The summed E-state index contributed by atoms with van der Waals surface area (Å²) in [6, 6.07) is 10.7. The molecule has 0 aliphatic heterocycles. The summed E-state index contributed by atoms with van der Waals surface area (Å²) in [7, 11) is 0. The number of aromatic nitrogens is 2. The molecule has 120 valence electrons. The van der Waals surface area contributed by atoms with Crippen LogP contribution in [-0.2, 0) is 0 Å². The van der Waals surface area contributed by atoms with E-state index < -0.39 is 0 Å². The molecule has 24 heavy (non-hydrogen) atoms. The number of rotatable bonds is 3. The summed E-state index contributed by atoms with van der Waals surface area (Å²) < 4.78 is 14.4. The van der Waals surface area contributed by atoms with E-state index in [4.69, 9.17) is 0 Å². The Morgan fingerprint density at radius 2 is 1.92 bits per heavy atom. The van der Waals surface area contributed by atoms with Gasteiger partial charge in [-0.2, -0.15) is 0 Å². The van der Waals surface area contributed by atoms with Gasteiger partial charge in [-0.1, -0.05) is 0 Å². The molecular formula is C18H14FN3O2. The van der Waals surface area contributed by atoms with Gasteiger partial charge in [0.2, 0.25) is 0 Å². The van der Waals surface area contributed by atoms with Crippen molar-refractivity contribution in [3.05, 3.63) is 70.5 Å². The normalized spacial score (nSPS) is 13.9. The Labute approximate surface area is 136 Å². The lowest BCUT2D eigenvalue weighted by Crippen LogP contribution is -2.25. The fraction of sp³-hybridized carbons (Fsp3) is 0.167. The van der Waals surface area contributed by atoms with Crippen LogP contribution in [0.2, 0.25) is 0 Å². The van der Waals surface area contributed by atoms with Gasteiger partial charge >= 0.3 is 0 Å². The number of nitrogens with zero attached hydrogens (tertiary/aromatic N) is 2. The molecule has 0 bridgehead atoms. The number of hydrogen-bond donors (Lipinski definition) is 1. The van der Waals surface area contributed by atoms with Crippen LogP contribution >= 0.6 is 0 Å². The summed E-state index contributed by atoms with van der Waals surface area (Å²) in [4.78, 5) is 29.0. The Bertz CT molecular complexity index is 991. The minimum absolute atomic E-state index is 0.149. The number of amides is 1. The van der Waals surface area contributed by atoms with Crippen molar-refractivity contribution in [1.82, 2.24) is 14.9 Å². The largest absolute Gasteiger partial charge is 0.349 e. The number of carbonyl (C=O) groups excluding carboxylic acids is 1. The molecule has 1 heterocycles. The van der Waals surface area contributed by atoms with Gasteiger partial charge in [0.25, 0.3) is 11.5 Å². The van der Waals surface area contributed by atoms with Gasteiger partial charge in [-0.15, -0.1) is 0 Å². The molecule has 0 saturated heterocycles. The van der Waals surface area contributed by atoms with Gasteiger partial charge < -0.3 is 5.32 Å². The molecule has 0 atom stereocenters. The summed E-state index contributed by atoms with van der Waals surface area (Å²) >= 11 is 0. The fourth-order valence-electron chi connectivity index (χ4n) is 2.54. The maximum Gasteiger partial charge on any atom is 0.265 e. The van der Waals surface area contributed by atoms with Crippen molar-refractivity contribution in [2.24, 2.45) is 0 Å². The fourth-order valence-corrected chi connectivity index (χ4v) is 2.54. The van der Waals surface area contributed by atoms with Crippen LogP contribution in [0.5, 0.6) is 0 Å². The molecule has 4 rings (SSSR count). The van der Waals surface area contributed by atoms with Crippen LogP contribution in [0.15, 0.2) is 53.6 Å². The number of benzene rings is 2. The monoisotopic (exact) mass is 323 g/mol. The lowest BCUT2D eigenvalue weighted by Gasteiger charge is -2.08. The lowest BCUT2D eigenvalue weighted by atomic mass is 10.1. The molecule has 5 nitrogen and oxygen atoms in total. The molecule has 1 aromatic heterocycles. The van der Waals surface area contributed by atoms with E-state index in [1.54, 1.807) is 18.2 Å². The van der Waals surface area contributed by atoms with Gasteiger partial charge in [0.15, 0.2) is 0 Å². The van der Waals surface area contributed by atoms with Crippen LogP contribution in [0.1, 0.15) is 23.2 Å². The van der Waals surface area contributed by atoms with Crippen LogP contribution in [0.25, 0.3) is 16.6 Å². The van der Waals surface area contributed by atoms with Crippen molar-refractivity contribution in [2.75, 3.05) is 0 Å². The molecular weight excluding hydrogens is 309 g/mol. The van der Waals surface area contributed by atoms with Crippen LogP contribution < -0.4 is 10.9 Å². The highest BCUT2D eigenvalue weighted by Gasteiger charge is 2.24. The third-order valence-electron chi connectivity index (χ3n) is 4.04. The Morgan fingerprint density at radius 1 is 1.17 bits per heavy atom. The maximum atomic E-state index is 13.0. The van der Waals surface area contributed by atoms with E-state index in [0.29, 0.717) is 22.2 Å². The molecule has 0 spiro atoms. The zero-order valence-electron chi connectivity index (χ0n) is 12.7. The van der Waals surface area contributed by atoms with E-state index in [0.717, 1.165) is 12.8 Å². The number of halogens is 1. The predicted octanol–water partition coefficient (Wildman–Crippen LogP) is 2.42. The zero-order chi connectivity index (χ0) is 16.7. The second kappa shape index (κ2) is 5.56. The van der Waals surface area contributed by atoms with Crippen LogP contribution in [0.4, 0.5) is 4.39 Å².